The zero-order valence-corrected chi connectivity index (χ0v) is 12.3. The molecular weight excluding hydrogens is 206 g/mol. The summed E-state index contributed by atoms with van der Waals surface area (Å²) in [6.45, 7) is 8.18. The van der Waals surface area contributed by atoms with E-state index in [0.717, 1.165) is 17.9 Å². The summed E-state index contributed by atoms with van der Waals surface area (Å²) in [7, 11) is 0. The molecule has 1 aliphatic carbocycles. The number of nitrogens with one attached hydrogen (secondary N) is 1. The van der Waals surface area contributed by atoms with E-state index in [1.165, 1.54) is 64.3 Å². The van der Waals surface area contributed by atoms with E-state index in [2.05, 4.69) is 26.1 Å². The number of rotatable bonds is 10. The zero-order valence-electron chi connectivity index (χ0n) is 12.3. The Kier molecular flexibility index (Phi) is 7.92. The minimum atomic E-state index is 0.803. The first kappa shape index (κ1) is 15.0. The molecule has 0 aliphatic heterocycles. The highest BCUT2D eigenvalue weighted by Gasteiger charge is 2.26. The monoisotopic (exact) mass is 239 g/mol. The van der Waals surface area contributed by atoms with Crippen LogP contribution in [0.2, 0.25) is 0 Å². The van der Waals surface area contributed by atoms with E-state index in [4.69, 9.17) is 0 Å². The zero-order chi connectivity index (χ0) is 12.5. The van der Waals surface area contributed by atoms with Gasteiger partial charge in [0.2, 0.25) is 0 Å². The Bertz CT molecular complexity index is 174. The molecule has 1 fully saturated rings. The van der Waals surface area contributed by atoms with Crippen LogP contribution in [0.25, 0.3) is 0 Å². The average molecular weight is 239 g/mol. The van der Waals surface area contributed by atoms with Crippen LogP contribution in [0.15, 0.2) is 0 Å². The maximum Gasteiger partial charge on any atom is 0.00978 e. The lowest BCUT2D eigenvalue weighted by Crippen LogP contribution is -2.39. The van der Waals surface area contributed by atoms with Gasteiger partial charge in [-0.05, 0) is 37.6 Å². The van der Waals surface area contributed by atoms with Gasteiger partial charge in [0.15, 0.2) is 0 Å². The minimum Gasteiger partial charge on any atom is -0.314 e. The second kappa shape index (κ2) is 8.97. The van der Waals surface area contributed by atoms with Crippen LogP contribution in [0.5, 0.6) is 0 Å². The minimum absolute atomic E-state index is 0.803. The van der Waals surface area contributed by atoms with E-state index in [1.54, 1.807) is 0 Å². The molecule has 0 amide bonds. The fraction of sp³-hybridized carbons (Fsp3) is 1.00. The number of hydrogen-bond acceptors (Lipinski definition) is 1. The van der Waals surface area contributed by atoms with Gasteiger partial charge in [-0.25, -0.2) is 0 Å². The quantitative estimate of drug-likeness (QED) is 0.579. The van der Waals surface area contributed by atoms with Crippen molar-refractivity contribution in [2.24, 2.45) is 11.8 Å². The van der Waals surface area contributed by atoms with E-state index >= 15 is 0 Å². The van der Waals surface area contributed by atoms with E-state index in [0.29, 0.717) is 0 Å². The molecular formula is C16H33N. The largest absolute Gasteiger partial charge is 0.314 e. The summed E-state index contributed by atoms with van der Waals surface area (Å²) in [6, 6.07) is 0.803. The first-order chi connectivity index (χ1) is 8.31. The smallest absolute Gasteiger partial charge is 0.00978 e. The predicted molar refractivity (Wildman–Crippen MR) is 77.3 cm³/mol. The molecule has 1 saturated carbocycles. The van der Waals surface area contributed by atoms with Crippen molar-refractivity contribution in [1.29, 1.82) is 0 Å². The number of unbranched alkanes of at least 4 members (excludes halogenated alkanes) is 1. The molecule has 1 rings (SSSR count). The molecule has 102 valence electrons. The van der Waals surface area contributed by atoms with Crippen molar-refractivity contribution in [3.8, 4) is 0 Å². The molecule has 0 radical (unpaired) electrons. The van der Waals surface area contributed by atoms with Crippen LogP contribution in [0, 0.1) is 11.8 Å². The maximum atomic E-state index is 3.83. The van der Waals surface area contributed by atoms with Gasteiger partial charge in [0.05, 0.1) is 0 Å². The molecule has 1 nitrogen and oxygen atoms in total. The van der Waals surface area contributed by atoms with Crippen LogP contribution in [0.1, 0.15) is 78.6 Å². The molecule has 0 spiro atoms. The third kappa shape index (κ3) is 5.42. The Hall–Kier alpha value is -0.0400. The third-order valence-electron chi connectivity index (χ3n) is 4.49. The molecule has 17 heavy (non-hydrogen) atoms. The second-order valence-corrected chi connectivity index (χ2v) is 5.90. The Labute approximate surface area is 109 Å². The summed E-state index contributed by atoms with van der Waals surface area (Å²) in [4.78, 5) is 0. The van der Waals surface area contributed by atoms with Crippen molar-refractivity contribution >= 4 is 0 Å². The average Bonchev–Trinajstić information content (AvgIpc) is 2.29. The van der Waals surface area contributed by atoms with Crippen LogP contribution in [0.3, 0.4) is 0 Å². The Balaban J connectivity index is 2.38. The summed E-state index contributed by atoms with van der Waals surface area (Å²) in [5, 5.41) is 3.83. The van der Waals surface area contributed by atoms with Crippen molar-refractivity contribution in [2.45, 2.75) is 84.6 Å². The highest BCUT2D eigenvalue weighted by Crippen LogP contribution is 2.33. The SMILES string of the molecule is CCCCC(CC)C(CC1CCC1)NCCC. The van der Waals surface area contributed by atoms with Crippen molar-refractivity contribution in [3.63, 3.8) is 0 Å². The van der Waals surface area contributed by atoms with Crippen LogP contribution in [-0.4, -0.2) is 12.6 Å². The molecule has 1 N–H and O–H groups in total. The molecule has 0 bridgehead atoms. The van der Waals surface area contributed by atoms with Gasteiger partial charge < -0.3 is 5.32 Å². The van der Waals surface area contributed by atoms with Crippen LogP contribution in [0.4, 0.5) is 0 Å². The lowest BCUT2D eigenvalue weighted by atomic mass is 9.77. The molecule has 2 atom stereocenters. The van der Waals surface area contributed by atoms with Crippen molar-refractivity contribution < 1.29 is 0 Å². The van der Waals surface area contributed by atoms with Gasteiger partial charge in [-0.15, -0.1) is 0 Å². The van der Waals surface area contributed by atoms with Gasteiger partial charge in [0.1, 0.15) is 0 Å². The first-order valence-electron chi connectivity index (χ1n) is 8.05. The van der Waals surface area contributed by atoms with Crippen LogP contribution in [-0.2, 0) is 0 Å². The van der Waals surface area contributed by atoms with E-state index in [9.17, 15) is 0 Å². The highest BCUT2D eigenvalue weighted by atomic mass is 14.9. The summed E-state index contributed by atoms with van der Waals surface area (Å²) in [5.74, 6) is 1.96. The standard InChI is InChI=1S/C16H33N/c1-4-7-11-15(6-3)16(17-12-5-2)13-14-9-8-10-14/h14-17H,4-13H2,1-3H3. The molecule has 1 aliphatic rings. The Morgan fingerprint density at radius 2 is 1.88 bits per heavy atom. The van der Waals surface area contributed by atoms with Crippen LogP contribution >= 0.6 is 0 Å². The molecule has 0 aromatic heterocycles. The highest BCUT2D eigenvalue weighted by molar-refractivity contribution is 4.82. The van der Waals surface area contributed by atoms with Gasteiger partial charge >= 0.3 is 0 Å². The normalized spacial score (nSPS) is 19.9. The fourth-order valence-corrected chi connectivity index (χ4v) is 3.02. The molecule has 0 aromatic rings. The second-order valence-electron chi connectivity index (χ2n) is 5.90. The van der Waals surface area contributed by atoms with Gasteiger partial charge in [-0.3, -0.25) is 0 Å². The molecule has 0 aromatic carbocycles. The van der Waals surface area contributed by atoms with E-state index in [1.807, 2.05) is 0 Å². The van der Waals surface area contributed by atoms with Crippen molar-refractivity contribution in [1.82, 2.24) is 5.32 Å². The first-order valence-corrected chi connectivity index (χ1v) is 8.05. The van der Waals surface area contributed by atoms with Gasteiger partial charge in [-0.1, -0.05) is 59.3 Å². The van der Waals surface area contributed by atoms with Crippen molar-refractivity contribution in [3.05, 3.63) is 0 Å². The van der Waals surface area contributed by atoms with Gasteiger partial charge in [0, 0.05) is 6.04 Å². The molecule has 0 saturated heterocycles. The van der Waals surface area contributed by atoms with Crippen molar-refractivity contribution in [2.75, 3.05) is 6.54 Å². The maximum absolute atomic E-state index is 3.83. The number of hydrogen-bond donors (Lipinski definition) is 1. The Morgan fingerprint density at radius 1 is 1.12 bits per heavy atom. The molecule has 1 heteroatoms. The van der Waals surface area contributed by atoms with Crippen LogP contribution < -0.4 is 5.32 Å². The fourth-order valence-electron chi connectivity index (χ4n) is 3.02. The van der Waals surface area contributed by atoms with E-state index in [-0.39, 0.29) is 0 Å². The van der Waals surface area contributed by atoms with E-state index < -0.39 is 0 Å². The van der Waals surface area contributed by atoms with Gasteiger partial charge in [-0.2, -0.15) is 0 Å². The topological polar surface area (TPSA) is 12.0 Å². The molecule has 2 unspecified atom stereocenters. The lowest BCUT2D eigenvalue weighted by Gasteiger charge is -2.34. The lowest BCUT2D eigenvalue weighted by molar-refractivity contribution is 0.211. The molecule has 0 heterocycles. The summed E-state index contributed by atoms with van der Waals surface area (Å²) in [6.07, 6.45) is 12.7. The van der Waals surface area contributed by atoms with Gasteiger partial charge in [0.25, 0.3) is 0 Å². The predicted octanol–water partition coefficient (Wildman–Crippen LogP) is 4.76. The Morgan fingerprint density at radius 3 is 2.35 bits per heavy atom. The summed E-state index contributed by atoms with van der Waals surface area (Å²) in [5.41, 5.74) is 0. The summed E-state index contributed by atoms with van der Waals surface area (Å²) >= 11 is 0. The third-order valence-corrected chi connectivity index (χ3v) is 4.49. The summed E-state index contributed by atoms with van der Waals surface area (Å²) < 4.78 is 0.